The lowest BCUT2D eigenvalue weighted by Gasteiger charge is -2.50. The van der Waals surface area contributed by atoms with E-state index in [1.165, 1.54) is 19.3 Å². The molecule has 0 radical (unpaired) electrons. The van der Waals surface area contributed by atoms with Gasteiger partial charge in [-0.15, -0.1) is 0 Å². The smallest absolute Gasteiger partial charge is 0.101 e. The highest BCUT2D eigenvalue weighted by atomic mass is 79.9. The molecule has 2 N–H and O–H groups in total. The highest BCUT2D eigenvalue weighted by Gasteiger charge is 2.37. The Bertz CT molecular complexity index is 509. The summed E-state index contributed by atoms with van der Waals surface area (Å²) in [5.41, 5.74) is 8.02. The van der Waals surface area contributed by atoms with Gasteiger partial charge in [-0.05, 0) is 50.3 Å². The van der Waals surface area contributed by atoms with E-state index >= 15 is 0 Å². The first-order valence-electron chi connectivity index (χ1n) is 6.92. The molecule has 3 rings (SSSR count). The first-order chi connectivity index (χ1) is 9.19. The molecule has 1 aromatic carbocycles. The minimum Gasteiger partial charge on any atom is -0.364 e. The van der Waals surface area contributed by atoms with Crippen molar-refractivity contribution in [3.8, 4) is 6.07 Å². The van der Waals surface area contributed by atoms with Crippen molar-refractivity contribution >= 4 is 21.6 Å². The number of hydrogen-bond acceptors (Lipinski definition) is 3. The van der Waals surface area contributed by atoms with Gasteiger partial charge < -0.3 is 10.6 Å². The van der Waals surface area contributed by atoms with Crippen LogP contribution in [0.3, 0.4) is 0 Å². The fourth-order valence-corrected chi connectivity index (χ4v) is 3.98. The summed E-state index contributed by atoms with van der Waals surface area (Å²) in [6.45, 7) is 0. The van der Waals surface area contributed by atoms with Gasteiger partial charge in [0.2, 0.25) is 0 Å². The topological polar surface area (TPSA) is 53.0 Å². The predicted octanol–water partition coefficient (Wildman–Crippen LogP) is 3.17. The number of halogens is 1. The Kier molecular flexibility index (Phi) is 3.51. The second kappa shape index (κ2) is 5.15. The van der Waals surface area contributed by atoms with E-state index in [0.717, 1.165) is 28.6 Å². The third kappa shape index (κ3) is 2.37. The zero-order valence-electron chi connectivity index (χ0n) is 10.8. The molecule has 2 saturated heterocycles. The molecule has 2 bridgehead atoms. The van der Waals surface area contributed by atoms with Crippen LogP contribution >= 0.6 is 15.9 Å². The van der Waals surface area contributed by atoms with Gasteiger partial charge in [-0.1, -0.05) is 15.9 Å². The van der Waals surface area contributed by atoms with Gasteiger partial charge in [0.25, 0.3) is 0 Å². The Morgan fingerprint density at radius 3 is 2.58 bits per heavy atom. The second-order valence-electron chi connectivity index (χ2n) is 5.65. The molecule has 0 aromatic heterocycles. The number of fused-ring (bicyclic) bond motifs is 2. The van der Waals surface area contributed by atoms with Crippen LogP contribution < -0.4 is 10.6 Å². The number of rotatable bonds is 1. The number of nitrogens with zero attached hydrogens (tertiary/aromatic N) is 2. The molecule has 0 aliphatic carbocycles. The van der Waals surface area contributed by atoms with E-state index in [4.69, 9.17) is 5.73 Å². The maximum Gasteiger partial charge on any atom is 0.101 e. The maximum atomic E-state index is 9.34. The molecular formula is C15H18BrN3. The fourth-order valence-electron chi connectivity index (χ4n) is 3.63. The molecule has 19 heavy (non-hydrogen) atoms. The number of benzene rings is 1. The molecule has 0 spiro atoms. The highest BCUT2D eigenvalue weighted by molar-refractivity contribution is 9.10. The van der Waals surface area contributed by atoms with E-state index in [1.807, 2.05) is 12.1 Å². The van der Waals surface area contributed by atoms with Crippen molar-refractivity contribution in [2.75, 3.05) is 4.90 Å². The Hall–Kier alpha value is -1.05. The van der Waals surface area contributed by atoms with Crippen LogP contribution in [0.15, 0.2) is 22.7 Å². The molecule has 0 saturated carbocycles. The van der Waals surface area contributed by atoms with Crippen LogP contribution in [-0.4, -0.2) is 18.1 Å². The molecular weight excluding hydrogens is 302 g/mol. The zero-order valence-corrected chi connectivity index (χ0v) is 12.4. The SMILES string of the molecule is N#Cc1ccc(Br)cc1N1C2CCCC1CC(N)C2. The van der Waals surface area contributed by atoms with Crippen LogP contribution in [0.5, 0.6) is 0 Å². The average Bonchev–Trinajstić information content (AvgIpc) is 2.37. The maximum absolute atomic E-state index is 9.34. The normalized spacial score (nSPS) is 29.9. The van der Waals surface area contributed by atoms with Crippen molar-refractivity contribution in [1.29, 1.82) is 5.26 Å². The summed E-state index contributed by atoms with van der Waals surface area (Å²) in [4.78, 5) is 2.47. The van der Waals surface area contributed by atoms with Crippen molar-refractivity contribution in [3.63, 3.8) is 0 Å². The third-order valence-electron chi connectivity index (χ3n) is 4.37. The summed E-state index contributed by atoms with van der Waals surface area (Å²) < 4.78 is 1.04. The summed E-state index contributed by atoms with van der Waals surface area (Å²) in [6.07, 6.45) is 5.78. The molecule has 4 heteroatoms. The monoisotopic (exact) mass is 319 g/mol. The van der Waals surface area contributed by atoms with E-state index < -0.39 is 0 Å². The largest absolute Gasteiger partial charge is 0.364 e. The molecule has 1 aromatic rings. The number of hydrogen-bond donors (Lipinski definition) is 1. The molecule has 2 aliphatic heterocycles. The van der Waals surface area contributed by atoms with Gasteiger partial charge >= 0.3 is 0 Å². The molecule has 2 atom stereocenters. The summed E-state index contributed by atoms with van der Waals surface area (Å²) in [5, 5.41) is 9.34. The molecule has 2 unspecified atom stereocenters. The lowest BCUT2D eigenvalue weighted by Crippen LogP contribution is -2.55. The van der Waals surface area contributed by atoms with Gasteiger partial charge in [0.15, 0.2) is 0 Å². The lowest BCUT2D eigenvalue weighted by molar-refractivity contribution is 0.271. The Balaban J connectivity index is 2.02. The molecule has 2 heterocycles. The standard InChI is InChI=1S/C15H18BrN3/c16-11-5-4-10(9-17)15(6-11)19-13-2-1-3-14(19)8-12(18)7-13/h4-6,12-14H,1-3,7-8,18H2. The van der Waals surface area contributed by atoms with Crippen LogP contribution in [0.25, 0.3) is 0 Å². The van der Waals surface area contributed by atoms with Gasteiger partial charge in [0.05, 0.1) is 11.3 Å². The predicted molar refractivity (Wildman–Crippen MR) is 80.0 cm³/mol. The van der Waals surface area contributed by atoms with Crippen LogP contribution in [0.4, 0.5) is 5.69 Å². The summed E-state index contributed by atoms with van der Waals surface area (Å²) in [7, 11) is 0. The number of nitrogens with two attached hydrogens (primary N) is 1. The first-order valence-corrected chi connectivity index (χ1v) is 7.72. The lowest BCUT2D eigenvalue weighted by atomic mass is 9.81. The van der Waals surface area contributed by atoms with Gasteiger partial charge in [-0.3, -0.25) is 0 Å². The molecule has 100 valence electrons. The van der Waals surface area contributed by atoms with E-state index in [-0.39, 0.29) is 0 Å². The number of nitriles is 1. The number of piperidine rings is 2. The zero-order chi connectivity index (χ0) is 13.4. The Morgan fingerprint density at radius 1 is 1.26 bits per heavy atom. The quantitative estimate of drug-likeness (QED) is 0.865. The highest BCUT2D eigenvalue weighted by Crippen LogP contribution is 2.39. The van der Waals surface area contributed by atoms with Crippen LogP contribution in [0, 0.1) is 11.3 Å². The van der Waals surface area contributed by atoms with Gasteiger partial charge in [-0.2, -0.15) is 5.26 Å². The van der Waals surface area contributed by atoms with E-state index in [2.05, 4.69) is 33.0 Å². The summed E-state index contributed by atoms with van der Waals surface area (Å²) in [5.74, 6) is 0. The fraction of sp³-hybridized carbons (Fsp3) is 0.533. The van der Waals surface area contributed by atoms with Crippen LogP contribution in [-0.2, 0) is 0 Å². The Labute approximate surface area is 122 Å². The van der Waals surface area contributed by atoms with Crippen molar-refractivity contribution in [2.45, 2.75) is 50.2 Å². The second-order valence-corrected chi connectivity index (χ2v) is 6.57. The van der Waals surface area contributed by atoms with E-state index in [1.54, 1.807) is 0 Å². The van der Waals surface area contributed by atoms with Crippen molar-refractivity contribution < 1.29 is 0 Å². The average molecular weight is 320 g/mol. The summed E-state index contributed by atoms with van der Waals surface area (Å²) >= 11 is 3.52. The minimum absolute atomic E-state index is 0.323. The van der Waals surface area contributed by atoms with Gasteiger partial charge in [0.1, 0.15) is 6.07 Å². The van der Waals surface area contributed by atoms with Crippen molar-refractivity contribution in [2.24, 2.45) is 5.73 Å². The first kappa shape index (κ1) is 13.0. The van der Waals surface area contributed by atoms with Crippen molar-refractivity contribution in [3.05, 3.63) is 28.2 Å². The van der Waals surface area contributed by atoms with Crippen LogP contribution in [0.2, 0.25) is 0 Å². The third-order valence-corrected chi connectivity index (χ3v) is 4.86. The molecule has 0 amide bonds. The van der Waals surface area contributed by atoms with E-state index in [0.29, 0.717) is 18.1 Å². The van der Waals surface area contributed by atoms with Gasteiger partial charge in [-0.25, -0.2) is 0 Å². The number of anilines is 1. The molecule has 3 nitrogen and oxygen atoms in total. The van der Waals surface area contributed by atoms with E-state index in [9.17, 15) is 5.26 Å². The molecule has 2 fully saturated rings. The minimum atomic E-state index is 0.323. The van der Waals surface area contributed by atoms with Gasteiger partial charge in [0, 0.05) is 22.6 Å². The Morgan fingerprint density at radius 2 is 1.95 bits per heavy atom. The van der Waals surface area contributed by atoms with Crippen LogP contribution in [0.1, 0.15) is 37.7 Å². The van der Waals surface area contributed by atoms with Crippen molar-refractivity contribution in [1.82, 2.24) is 0 Å². The summed E-state index contributed by atoms with van der Waals surface area (Å²) in [6, 6.07) is 9.59. The molecule has 2 aliphatic rings.